The highest BCUT2D eigenvalue weighted by Gasteiger charge is 2.18. The number of nitrogens with two attached hydrogens (primary N) is 1. The van der Waals surface area contributed by atoms with Gasteiger partial charge in [0.15, 0.2) is 5.96 Å². The van der Waals surface area contributed by atoms with Crippen molar-refractivity contribution in [1.82, 2.24) is 4.90 Å². The molecule has 0 radical (unpaired) electrons. The summed E-state index contributed by atoms with van der Waals surface area (Å²) in [6, 6.07) is 12.2. The number of ether oxygens (including phenoxy) is 2. The SMILES string of the molecule is COc1ccc(CN=C(N)N2CCN(c3ccc(F)cc3)CC2)c(OC)c1.I. The van der Waals surface area contributed by atoms with Crippen molar-refractivity contribution < 1.29 is 13.9 Å². The number of piperazine rings is 1. The largest absolute Gasteiger partial charge is 0.497 e. The Morgan fingerprint density at radius 1 is 1.04 bits per heavy atom. The molecule has 0 spiro atoms. The molecular formula is C20H26FIN4O2. The van der Waals surface area contributed by atoms with Gasteiger partial charge in [-0.3, -0.25) is 0 Å². The van der Waals surface area contributed by atoms with Crippen LogP contribution < -0.4 is 20.1 Å². The van der Waals surface area contributed by atoms with Gasteiger partial charge in [-0.15, -0.1) is 24.0 Å². The quantitative estimate of drug-likeness (QED) is 0.389. The Labute approximate surface area is 182 Å². The highest BCUT2D eigenvalue weighted by Crippen LogP contribution is 2.25. The number of benzene rings is 2. The van der Waals surface area contributed by atoms with E-state index in [-0.39, 0.29) is 29.8 Å². The van der Waals surface area contributed by atoms with Crippen molar-refractivity contribution in [2.24, 2.45) is 10.7 Å². The lowest BCUT2D eigenvalue weighted by molar-refractivity contribution is 0.379. The van der Waals surface area contributed by atoms with Crippen LogP contribution in [0, 0.1) is 5.82 Å². The summed E-state index contributed by atoms with van der Waals surface area (Å²) in [4.78, 5) is 8.81. The van der Waals surface area contributed by atoms with E-state index < -0.39 is 0 Å². The summed E-state index contributed by atoms with van der Waals surface area (Å²) in [7, 11) is 3.25. The molecule has 0 bridgehead atoms. The summed E-state index contributed by atoms with van der Waals surface area (Å²) in [5.74, 6) is 1.77. The van der Waals surface area contributed by atoms with Gasteiger partial charge in [0, 0.05) is 43.5 Å². The van der Waals surface area contributed by atoms with Crippen LogP contribution in [0.3, 0.4) is 0 Å². The highest BCUT2D eigenvalue weighted by molar-refractivity contribution is 14.0. The van der Waals surface area contributed by atoms with Crippen molar-refractivity contribution in [2.45, 2.75) is 6.54 Å². The molecule has 1 heterocycles. The molecule has 1 aliphatic heterocycles. The average Bonchev–Trinajstić information content (AvgIpc) is 2.72. The Kier molecular flexibility index (Phi) is 8.16. The first-order chi connectivity index (χ1) is 13.1. The second-order valence-electron chi connectivity index (χ2n) is 6.30. The van der Waals surface area contributed by atoms with Crippen LogP contribution in [-0.2, 0) is 6.54 Å². The first kappa shape index (κ1) is 22.1. The number of hydrogen-bond donors (Lipinski definition) is 1. The third-order valence-corrected chi connectivity index (χ3v) is 4.70. The predicted octanol–water partition coefficient (Wildman–Crippen LogP) is 3.10. The molecule has 0 saturated carbocycles. The van der Waals surface area contributed by atoms with Crippen molar-refractivity contribution in [3.63, 3.8) is 0 Å². The molecule has 0 atom stereocenters. The van der Waals surface area contributed by atoms with Crippen molar-refractivity contribution in [3.05, 3.63) is 53.8 Å². The van der Waals surface area contributed by atoms with Crippen LogP contribution in [0.5, 0.6) is 11.5 Å². The topological polar surface area (TPSA) is 63.3 Å². The van der Waals surface area contributed by atoms with E-state index in [1.807, 2.05) is 18.2 Å². The molecule has 0 unspecified atom stereocenters. The van der Waals surface area contributed by atoms with E-state index in [0.717, 1.165) is 48.9 Å². The molecule has 0 aliphatic carbocycles. The van der Waals surface area contributed by atoms with Crippen LogP contribution in [0.4, 0.5) is 10.1 Å². The van der Waals surface area contributed by atoms with Gasteiger partial charge in [0.1, 0.15) is 17.3 Å². The molecule has 0 amide bonds. The first-order valence-corrected chi connectivity index (χ1v) is 8.87. The third-order valence-electron chi connectivity index (χ3n) is 4.70. The van der Waals surface area contributed by atoms with Gasteiger partial charge < -0.3 is 25.0 Å². The maximum Gasteiger partial charge on any atom is 0.191 e. The third kappa shape index (κ3) is 5.40. The maximum absolute atomic E-state index is 13.1. The van der Waals surface area contributed by atoms with Crippen molar-refractivity contribution in [3.8, 4) is 11.5 Å². The number of nitrogens with zero attached hydrogens (tertiary/aromatic N) is 3. The smallest absolute Gasteiger partial charge is 0.191 e. The molecule has 2 aromatic rings. The first-order valence-electron chi connectivity index (χ1n) is 8.87. The molecule has 1 saturated heterocycles. The van der Waals surface area contributed by atoms with Crippen LogP contribution >= 0.6 is 24.0 Å². The van der Waals surface area contributed by atoms with Crippen molar-refractivity contribution >= 4 is 35.6 Å². The summed E-state index contributed by atoms with van der Waals surface area (Å²) in [6.07, 6.45) is 0. The lowest BCUT2D eigenvalue weighted by Crippen LogP contribution is -2.51. The summed E-state index contributed by atoms with van der Waals surface area (Å²) in [5, 5.41) is 0. The molecule has 152 valence electrons. The molecule has 28 heavy (non-hydrogen) atoms. The Hall–Kier alpha value is -2.23. The van der Waals surface area contributed by atoms with E-state index in [1.165, 1.54) is 12.1 Å². The van der Waals surface area contributed by atoms with Gasteiger partial charge in [0.25, 0.3) is 0 Å². The Morgan fingerprint density at radius 2 is 1.71 bits per heavy atom. The average molecular weight is 500 g/mol. The standard InChI is InChI=1S/C20H25FN4O2.HI/c1-26-18-8-3-15(19(13-18)27-2)14-23-20(22)25-11-9-24(10-12-25)17-6-4-16(21)5-7-17;/h3-8,13H,9-12,14H2,1-2H3,(H2,22,23);1H. The summed E-state index contributed by atoms with van der Waals surface area (Å²) >= 11 is 0. The van der Waals surface area contributed by atoms with Gasteiger partial charge in [0.05, 0.1) is 20.8 Å². The zero-order chi connectivity index (χ0) is 19.2. The monoisotopic (exact) mass is 500 g/mol. The lowest BCUT2D eigenvalue weighted by Gasteiger charge is -2.36. The van der Waals surface area contributed by atoms with Crippen molar-refractivity contribution in [2.75, 3.05) is 45.3 Å². The number of rotatable bonds is 5. The van der Waals surface area contributed by atoms with Crippen LogP contribution in [0.1, 0.15) is 5.56 Å². The fourth-order valence-corrected chi connectivity index (χ4v) is 3.09. The fourth-order valence-electron chi connectivity index (χ4n) is 3.09. The normalized spacial score (nSPS) is 14.5. The predicted molar refractivity (Wildman–Crippen MR) is 120 cm³/mol. The molecule has 1 fully saturated rings. The molecule has 3 rings (SSSR count). The molecule has 2 aromatic carbocycles. The lowest BCUT2D eigenvalue weighted by atomic mass is 10.2. The molecule has 2 N–H and O–H groups in total. The van der Waals surface area contributed by atoms with E-state index in [1.54, 1.807) is 26.4 Å². The van der Waals surface area contributed by atoms with Gasteiger partial charge in [-0.05, 0) is 36.4 Å². The molecule has 1 aliphatic rings. The maximum atomic E-state index is 13.1. The molecular weight excluding hydrogens is 474 g/mol. The Morgan fingerprint density at radius 3 is 2.32 bits per heavy atom. The second kappa shape index (κ2) is 10.4. The van der Waals surface area contributed by atoms with Crippen LogP contribution in [0.2, 0.25) is 0 Å². The van der Waals surface area contributed by atoms with E-state index in [9.17, 15) is 4.39 Å². The fraction of sp³-hybridized carbons (Fsp3) is 0.350. The molecule has 8 heteroatoms. The zero-order valence-electron chi connectivity index (χ0n) is 16.1. The van der Waals surface area contributed by atoms with E-state index in [0.29, 0.717) is 12.5 Å². The number of aliphatic imine (C=N–C) groups is 1. The van der Waals surface area contributed by atoms with Gasteiger partial charge in [0.2, 0.25) is 0 Å². The number of anilines is 1. The van der Waals surface area contributed by atoms with Gasteiger partial charge in [-0.25, -0.2) is 9.38 Å². The minimum absolute atomic E-state index is 0. The Bertz CT molecular complexity index is 793. The zero-order valence-corrected chi connectivity index (χ0v) is 18.4. The second-order valence-corrected chi connectivity index (χ2v) is 6.30. The van der Waals surface area contributed by atoms with Gasteiger partial charge in [-0.1, -0.05) is 0 Å². The number of methoxy groups -OCH3 is 2. The van der Waals surface area contributed by atoms with Gasteiger partial charge >= 0.3 is 0 Å². The highest BCUT2D eigenvalue weighted by atomic mass is 127. The van der Waals surface area contributed by atoms with Crippen LogP contribution in [-0.4, -0.2) is 51.3 Å². The van der Waals surface area contributed by atoms with Gasteiger partial charge in [-0.2, -0.15) is 0 Å². The summed E-state index contributed by atoms with van der Waals surface area (Å²) in [5.41, 5.74) is 8.16. The molecule has 6 nitrogen and oxygen atoms in total. The van der Waals surface area contributed by atoms with E-state index >= 15 is 0 Å². The number of halogens is 2. The molecule has 0 aromatic heterocycles. The summed E-state index contributed by atoms with van der Waals surface area (Å²) in [6.45, 7) is 3.61. The van der Waals surface area contributed by atoms with Crippen molar-refractivity contribution in [1.29, 1.82) is 0 Å². The summed E-state index contributed by atoms with van der Waals surface area (Å²) < 4.78 is 23.7. The minimum Gasteiger partial charge on any atom is -0.497 e. The van der Waals surface area contributed by atoms with Crippen LogP contribution in [0.25, 0.3) is 0 Å². The van der Waals surface area contributed by atoms with E-state index in [2.05, 4.69) is 14.8 Å². The number of hydrogen-bond acceptors (Lipinski definition) is 4. The van der Waals surface area contributed by atoms with Crippen LogP contribution in [0.15, 0.2) is 47.5 Å². The van der Waals surface area contributed by atoms with E-state index in [4.69, 9.17) is 15.2 Å². The minimum atomic E-state index is -0.220. The number of guanidine groups is 1. The Balaban J connectivity index is 0.00000280.